The lowest BCUT2D eigenvalue weighted by atomic mass is 10.2. The lowest BCUT2D eigenvalue weighted by molar-refractivity contribution is -0.122. The molecule has 0 radical (unpaired) electrons. The Morgan fingerprint density at radius 3 is 2.58 bits per heavy atom. The van der Waals surface area contributed by atoms with Crippen molar-refractivity contribution in [1.82, 2.24) is 15.1 Å². The van der Waals surface area contributed by atoms with E-state index in [1.54, 1.807) is 18.0 Å². The number of carbonyl (C=O) groups is 2. The largest absolute Gasteiger partial charge is 0.452 e. The van der Waals surface area contributed by atoms with Gasteiger partial charge in [-0.05, 0) is 17.7 Å². The highest BCUT2D eigenvalue weighted by Crippen LogP contribution is 2.19. The minimum atomic E-state index is -0.127. The zero-order valence-corrected chi connectivity index (χ0v) is 11.4. The van der Waals surface area contributed by atoms with E-state index in [1.807, 2.05) is 4.90 Å². The summed E-state index contributed by atoms with van der Waals surface area (Å²) in [6, 6.07) is 1.57. The van der Waals surface area contributed by atoms with E-state index in [0.717, 1.165) is 0 Å². The molecule has 2 heterocycles. The molecule has 2 amide bonds. The quantitative estimate of drug-likeness (QED) is 0.875. The van der Waals surface area contributed by atoms with Crippen molar-refractivity contribution >= 4 is 23.4 Å². The first-order valence-corrected chi connectivity index (χ1v) is 6.45. The van der Waals surface area contributed by atoms with Crippen LogP contribution in [0.25, 0.3) is 0 Å². The summed E-state index contributed by atoms with van der Waals surface area (Å²) in [7, 11) is 1.61. The van der Waals surface area contributed by atoms with E-state index in [1.165, 1.54) is 6.26 Å². The van der Waals surface area contributed by atoms with Crippen molar-refractivity contribution in [2.45, 2.75) is 0 Å². The van der Waals surface area contributed by atoms with Gasteiger partial charge in [-0.3, -0.25) is 14.5 Å². The Bertz CT molecular complexity index is 467. The molecular formula is C12H16ClN3O3. The Morgan fingerprint density at radius 1 is 1.37 bits per heavy atom. The van der Waals surface area contributed by atoms with Crippen molar-refractivity contribution in [1.29, 1.82) is 0 Å². The Hall–Kier alpha value is -1.53. The molecule has 6 nitrogen and oxygen atoms in total. The highest BCUT2D eigenvalue weighted by Gasteiger charge is 2.25. The maximum absolute atomic E-state index is 12.2. The Balaban J connectivity index is 1.88. The minimum absolute atomic E-state index is 0.0161. The molecule has 104 valence electrons. The van der Waals surface area contributed by atoms with Crippen molar-refractivity contribution in [2.75, 3.05) is 39.8 Å². The maximum Gasteiger partial charge on any atom is 0.258 e. The summed E-state index contributed by atoms with van der Waals surface area (Å²) in [6.07, 6.45) is 1.40. The molecule has 0 unspecified atom stereocenters. The number of hydrogen-bond acceptors (Lipinski definition) is 4. The molecule has 1 aliphatic heterocycles. The van der Waals surface area contributed by atoms with Crippen LogP contribution in [-0.2, 0) is 4.79 Å². The minimum Gasteiger partial charge on any atom is -0.452 e. The maximum atomic E-state index is 12.2. The second-order valence-electron chi connectivity index (χ2n) is 4.35. The summed E-state index contributed by atoms with van der Waals surface area (Å²) in [5.74, 6) is -0.143. The molecule has 0 aliphatic carbocycles. The fraction of sp³-hybridized carbons (Fsp3) is 0.500. The highest BCUT2D eigenvalue weighted by atomic mass is 35.5. The molecule has 1 fully saturated rings. The zero-order chi connectivity index (χ0) is 13.8. The van der Waals surface area contributed by atoms with Gasteiger partial charge in [-0.25, -0.2) is 0 Å². The van der Waals surface area contributed by atoms with Crippen molar-refractivity contribution in [3.63, 3.8) is 0 Å². The number of halogens is 1. The van der Waals surface area contributed by atoms with Gasteiger partial charge in [0.25, 0.3) is 5.91 Å². The first kappa shape index (κ1) is 13.9. The number of nitrogens with one attached hydrogen (secondary N) is 1. The summed E-state index contributed by atoms with van der Waals surface area (Å²) in [6.45, 7) is 2.88. The predicted octanol–water partition coefficient (Wildman–Crippen LogP) is 0.437. The highest BCUT2D eigenvalue weighted by molar-refractivity contribution is 6.32. The number of amides is 2. The molecule has 1 aromatic rings. The van der Waals surface area contributed by atoms with Gasteiger partial charge in [0.1, 0.15) is 0 Å². The third kappa shape index (κ3) is 3.27. The van der Waals surface area contributed by atoms with Crippen LogP contribution in [0.2, 0.25) is 5.22 Å². The van der Waals surface area contributed by atoms with Gasteiger partial charge in [0, 0.05) is 33.2 Å². The predicted molar refractivity (Wildman–Crippen MR) is 70.1 cm³/mol. The topological polar surface area (TPSA) is 65.8 Å². The summed E-state index contributed by atoms with van der Waals surface area (Å²) in [5, 5.41) is 2.71. The van der Waals surface area contributed by atoms with Gasteiger partial charge in [0.2, 0.25) is 11.1 Å². The van der Waals surface area contributed by atoms with Gasteiger partial charge in [0.05, 0.1) is 18.4 Å². The first-order chi connectivity index (χ1) is 9.11. The molecule has 0 bridgehead atoms. The summed E-state index contributed by atoms with van der Waals surface area (Å²) in [4.78, 5) is 27.1. The lowest BCUT2D eigenvalue weighted by Crippen LogP contribution is -2.50. The molecule has 1 aliphatic rings. The van der Waals surface area contributed by atoms with E-state index in [2.05, 4.69) is 5.32 Å². The van der Waals surface area contributed by atoms with Crippen LogP contribution in [0.3, 0.4) is 0 Å². The molecule has 1 N–H and O–H groups in total. The monoisotopic (exact) mass is 285 g/mol. The van der Waals surface area contributed by atoms with Gasteiger partial charge >= 0.3 is 0 Å². The van der Waals surface area contributed by atoms with Gasteiger partial charge in [0.15, 0.2) is 0 Å². The fourth-order valence-corrected chi connectivity index (χ4v) is 2.20. The van der Waals surface area contributed by atoms with Crippen LogP contribution in [0.5, 0.6) is 0 Å². The fourth-order valence-electron chi connectivity index (χ4n) is 2.01. The smallest absolute Gasteiger partial charge is 0.258 e. The van der Waals surface area contributed by atoms with E-state index in [9.17, 15) is 9.59 Å². The van der Waals surface area contributed by atoms with E-state index < -0.39 is 0 Å². The number of rotatable bonds is 3. The molecule has 1 aromatic heterocycles. The van der Waals surface area contributed by atoms with Crippen LogP contribution in [0.1, 0.15) is 10.4 Å². The normalized spacial score (nSPS) is 16.4. The number of piperazine rings is 1. The zero-order valence-electron chi connectivity index (χ0n) is 10.7. The molecule has 19 heavy (non-hydrogen) atoms. The van der Waals surface area contributed by atoms with Crippen LogP contribution < -0.4 is 5.32 Å². The number of hydrogen-bond donors (Lipinski definition) is 1. The van der Waals surface area contributed by atoms with Crippen molar-refractivity contribution in [2.24, 2.45) is 0 Å². The molecule has 2 rings (SSSR count). The first-order valence-electron chi connectivity index (χ1n) is 6.07. The van der Waals surface area contributed by atoms with Crippen molar-refractivity contribution < 1.29 is 14.0 Å². The van der Waals surface area contributed by atoms with E-state index in [-0.39, 0.29) is 17.0 Å². The number of likely N-dealkylation sites (N-methyl/N-ethyl adjacent to an activating group) is 1. The van der Waals surface area contributed by atoms with Crippen LogP contribution in [-0.4, -0.2) is 61.4 Å². The average molecular weight is 286 g/mol. The van der Waals surface area contributed by atoms with E-state index in [4.69, 9.17) is 16.0 Å². The molecule has 0 atom stereocenters. The lowest BCUT2D eigenvalue weighted by Gasteiger charge is -2.34. The standard InChI is InChI=1S/C12H16ClN3O3/c1-14-10(17)8-15-3-5-16(6-4-15)12(18)9-2-7-19-11(9)13/h2,7H,3-6,8H2,1H3,(H,14,17). The van der Waals surface area contributed by atoms with Gasteiger partial charge in [-0.2, -0.15) is 0 Å². The summed E-state index contributed by atoms with van der Waals surface area (Å²) in [5.41, 5.74) is 0.390. The van der Waals surface area contributed by atoms with Crippen LogP contribution in [0.15, 0.2) is 16.7 Å². The Morgan fingerprint density at radius 2 is 2.05 bits per heavy atom. The average Bonchev–Trinajstić information content (AvgIpc) is 2.85. The van der Waals surface area contributed by atoms with E-state index >= 15 is 0 Å². The molecule has 0 saturated carbocycles. The second kappa shape index (κ2) is 6.08. The molecule has 1 saturated heterocycles. The van der Waals surface area contributed by atoms with Gasteiger partial charge in [-0.15, -0.1) is 0 Å². The molecule has 0 aromatic carbocycles. The van der Waals surface area contributed by atoms with Crippen molar-refractivity contribution in [3.8, 4) is 0 Å². The Kier molecular flexibility index (Phi) is 4.44. The SMILES string of the molecule is CNC(=O)CN1CCN(C(=O)c2ccoc2Cl)CC1. The van der Waals surface area contributed by atoms with Gasteiger partial charge in [-0.1, -0.05) is 0 Å². The number of carbonyl (C=O) groups excluding carboxylic acids is 2. The molecular weight excluding hydrogens is 270 g/mol. The summed E-state index contributed by atoms with van der Waals surface area (Å²) >= 11 is 5.79. The third-order valence-electron chi connectivity index (χ3n) is 3.15. The second-order valence-corrected chi connectivity index (χ2v) is 4.69. The summed E-state index contributed by atoms with van der Waals surface area (Å²) < 4.78 is 4.92. The van der Waals surface area contributed by atoms with Crippen molar-refractivity contribution in [3.05, 3.63) is 23.1 Å². The Labute approximate surface area is 116 Å². The van der Waals surface area contributed by atoms with E-state index in [0.29, 0.717) is 38.3 Å². The van der Waals surface area contributed by atoms with Gasteiger partial charge < -0.3 is 14.6 Å². The van der Waals surface area contributed by atoms with Crippen LogP contribution in [0.4, 0.5) is 0 Å². The number of furan rings is 1. The molecule has 7 heteroatoms. The molecule has 0 spiro atoms. The number of nitrogens with zero attached hydrogens (tertiary/aromatic N) is 2. The third-order valence-corrected chi connectivity index (χ3v) is 3.45. The van der Waals surface area contributed by atoms with Crippen LogP contribution in [0, 0.1) is 0 Å². The van der Waals surface area contributed by atoms with Crippen LogP contribution >= 0.6 is 11.6 Å².